The number of rotatable bonds is 5. The van der Waals surface area contributed by atoms with Crippen LogP contribution in [0.4, 0.5) is 11.4 Å². The fraction of sp³-hybridized carbons (Fsp3) is 0.346. The molecule has 1 aliphatic rings. The highest BCUT2D eigenvalue weighted by molar-refractivity contribution is 5.98. The monoisotopic (exact) mass is 388 g/mol. The maximum Gasteiger partial charge on any atom is 0.159 e. The third-order valence-electron chi connectivity index (χ3n) is 6.05. The molecular weight excluding hydrogens is 356 g/mol. The number of hydrogen-bond donors (Lipinski definition) is 0. The molecule has 29 heavy (non-hydrogen) atoms. The lowest BCUT2D eigenvalue weighted by atomic mass is 9.72. The molecule has 3 rings (SSSR count). The fourth-order valence-corrected chi connectivity index (χ4v) is 4.02. The summed E-state index contributed by atoms with van der Waals surface area (Å²) in [6, 6.07) is 17.1. The number of hydrogen-bond acceptors (Lipinski definition) is 3. The summed E-state index contributed by atoms with van der Waals surface area (Å²) in [6.45, 7) is 4.22. The second-order valence-electron chi connectivity index (χ2n) is 8.41. The molecule has 2 aromatic carbocycles. The number of nitrogens with zero attached hydrogens (tertiary/aromatic N) is 2. The summed E-state index contributed by atoms with van der Waals surface area (Å²) in [5.41, 5.74) is 6.80. The number of anilines is 2. The Morgan fingerprint density at radius 2 is 1.34 bits per heavy atom. The van der Waals surface area contributed by atoms with E-state index in [1.54, 1.807) is 0 Å². The van der Waals surface area contributed by atoms with E-state index in [-0.39, 0.29) is 11.7 Å². The Morgan fingerprint density at radius 1 is 0.828 bits per heavy atom. The van der Waals surface area contributed by atoms with Gasteiger partial charge in [0.05, 0.1) is 0 Å². The van der Waals surface area contributed by atoms with Crippen molar-refractivity contribution in [2.24, 2.45) is 5.92 Å². The zero-order chi connectivity index (χ0) is 21.1. The van der Waals surface area contributed by atoms with Crippen molar-refractivity contribution in [1.29, 1.82) is 0 Å². The first-order chi connectivity index (χ1) is 13.8. The highest BCUT2D eigenvalue weighted by Crippen LogP contribution is 2.40. The smallest absolute Gasteiger partial charge is 0.159 e. The van der Waals surface area contributed by atoms with E-state index in [1.165, 1.54) is 16.9 Å². The molecule has 0 spiro atoms. The predicted molar refractivity (Wildman–Crippen MR) is 125 cm³/mol. The van der Waals surface area contributed by atoms with Gasteiger partial charge in [0.1, 0.15) is 0 Å². The lowest BCUT2D eigenvalue weighted by Gasteiger charge is -2.31. The van der Waals surface area contributed by atoms with Crippen LogP contribution in [0, 0.1) is 5.92 Å². The Bertz CT molecular complexity index is 918. The SMILES string of the molecule is CC1=C(/C=C/c2ccc(N(C)C)cc2)C(C)C(c2ccc(N(C)C)cc2)CC1=O. The van der Waals surface area contributed by atoms with Crippen LogP contribution >= 0.6 is 0 Å². The van der Waals surface area contributed by atoms with Gasteiger partial charge in [0.25, 0.3) is 0 Å². The average molecular weight is 389 g/mol. The molecule has 3 heteroatoms. The standard InChI is InChI=1S/C26H32N2O/c1-18-24(16-9-20-7-12-22(13-8-20)27(3)4)19(2)26(29)17-25(18)21-10-14-23(15-11-21)28(5)6/h7-16,18,25H,17H2,1-6H3/b16-9+. The van der Waals surface area contributed by atoms with Crippen molar-refractivity contribution in [2.45, 2.75) is 26.2 Å². The zero-order valence-electron chi connectivity index (χ0n) is 18.4. The first-order valence-electron chi connectivity index (χ1n) is 10.2. The molecule has 0 saturated carbocycles. The van der Waals surface area contributed by atoms with Gasteiger partial charge in [-0.3, -0.25) is 4.79 Å². The van der Waals surface area contributed by atoms with Crippen molar-refractivity contribution >= 4 is 23.2 Å². The van der Waals surface area contributed by atoms with Crippen LogP contribution in [-0.4, -0.2) is 34.0 Å². The van der Waals surface area contributed by atoms with Crippen LogP contribution in [0.3, 0.4) is 0 Å². The lowest BCUT2D eigenvalue weighted by Crippen LogP contribution is -2.24. The molecule has 0 saturated heterocycles. The molecule has 0 heterocycles. The molecule has 0 radical (unpaired) electrons. The molecule has 2 unspecified atom stereocenters. The van der Waals surface area contributed by atoms with Crippen molar-refractivity contribution in [1.82, 2.24) is 0 Å². The van der Waals surface area contributed by atoms with Gasteiger partial charge in [-0.2, -0.15) is 0 Å². The van der Waals surface area contributed by atoms with E-state index < -0.39 is 0 Å². The summed E-state index contributed by atoms with van der Waals surface area (Å²) in [4.78, 5) is 16.9. The molecule has 3 nitrogen and oxygen atoms in total. The van der Waals surface area contributed by atoms with Crippen molar-refractivity contribution in [2.75, 3.05) is 38.0 Å². The van der Waals surface area contributed by atoms with E-state index in [1.807, 2.05) is 35.1 Å². The highest BCUT2D eigenvalue weighted by atomic mass is 16.1. The van der Waals surface area contributed by atoms with E-state index in [9.17, 15) is 4.79 Å². The maximum atomic E-state index is 12.7. The minimum atomic E-state index is 0.221. The topological polar surface area (TPSA) is 23.6 Å². The van der Waals surface area contributed by atoms with Gasteiger partial charge < -0.3 is 9.80 Å². The Kier molecular flexibility index (Phi) is 6.26. The van der Waals surface area contributed by atoms with Crippen LogP contribution in [0.15, 0.2) is 65.8 Å². The van der Waals surface area contributed by atoms with E-state index in [0.29, 0.717) is 12.3 Å². The van der Waals surface area contributed by atoms with Gasteiger partial charge >= 0.3 is 0 Å². The van der Waals surface area contributed by atoms with Crippen LogP contribution in [0.1, 0.15) is 37.3 Å². The highest BCUT2D eigenvalue weighted by Gasteiger charge is 2.31. The summed E-state index contributed by atoms with van der Waals surface area (Å²) >= 11 is 0. The first kappa shape index (κ1) is 20.9. The molecule has 2 aromatic rings. The van der Waals surface area contributed by atoms with E-state index in [2.05, 4.69) is 77.4 Å². The van der Waals surface area contributed by atoms with E-state index in [4.69, 9.17) is 0 Å². The van der Waals surface area contributed by atoms with Gasteiger partial charge in [0.15, 0.2) is 5.78 Å². The number of benzene rings is 2. The minimum Gasteiger partial charge on any atom is -0.378 e. The molecule has 2 atom stereocenters. The second-order valence-corrected chi connectivity index (χ2v) is 8.41. The number of carbonyl (C=O) groups is 1. The second kappa shape index (κ2) is 8.69. The zero-order valence-corrected chi connectivity index (χ0v) is 18.4. The summed E-state index contributed by atoms with van der Waals surface area (Å²) in [5, 5.41) is 0. The van der Waals surface area contributed by atoms with Crippen LogP contribution in [0.2, 0.25) is 0 Å². The molecule has 0 aromatic heterocycles. The van der Waals surface area contributed by atoms with Crippen molar-refractivity contribution in [3.63, 3.8) is 0 Å². The van der Waals surface area contributed by atoms with Gasteiger partial charge in [0, 0.05) is 46.0 Å². The quantitative estimate of drug-likeness (QED) is 0.672. The Labute approximate surface area is 175 Å². The number of Topliss-reactive ketones (excluding diaryl/α,β-unsaturated/α-hetero) is 1. The maximum absolute atomic E-state index is 12.7. The molecule has 0 amide bonds. The largest absolute Gasteiger partial charge is 0.378 e. The predicted octanol–water partition coefficient (Wildman–Crippen LogP) is 5.54. The fourth-order valence-electron chi connectivity index (χ4n) is 4.02. The molecule has 0 N–H and O–H groups in total. The molecule has 1 aliphatic carbocycles. The van der Waals surface area contributed by atoms with Crippen LogP contribution < -0.4 is 9.80 Å². The van der Waals surface area contributed by atoms with Gasteiger partial charge in [-0.15, -0.1) is 0 Å². The molecule has 152 valence electrons. The van der Waals surface area contributed by atoms with Gasteiger partial charge in [0.2, 0.25) is 0 Å². The number of ketones is 1. The third-order valence-corrected chi connectivity index (χ3v) is 6.05. The molecular formula is C26H32N2O. The summed E-state index contributed by atoms with van der Waals surface area (Å²) in [7, 11) is 8.17. The number of allylic oxidation sites excluding steroid dienone is 3. The molecule has 0 fully saturated rings. The van der Waals surface area contributed by atoms with Gasteiger partial charge in [-0.25, -0.2) is 0 Å². The van der Waals surface area contributed by atoms with Crippen molar-refractivity contribution in [3.8, 4) is 0 Å². The Morgan fingerprint density at radius 3 is 1.86 bits per heavy atom. The summed E-state index contributed by atoms with van der Waals surface area (Å²) in [5.74, 6) is 0.778. The lowest BCUT2D eigenvalue weighted by molar-refractivity contribution is -0.116. The van der Waals surface area contributed by atoms with Crippen LogP contribution in [0.5, 0.6) is 0 Å². The summed E-state index contributed by atoms with van der Waals surface area (Å²) in [6.07, 6.45) is 4.85. The Hall–Kier alpha value is -2.81. The molecule has 0 bridgehead atoms. The van der Waals surface area contributed by atoms with Crippen molar-refractivity contribution < 1.29 is 4.79 Å². The van der Waals surface area contributed by atoms with Crippen LogP contribution in [0.25, 0.3) is 6.08 Å². The Balaban J connectivity index is 1.85. The van der Waals surface area contributed by atoms with Gasteiger partial charge in [-0.05, 0) is 65.3 Å². The number of carbonyl (C=O) groups excluding carboxylic acids is 1. The van der Waals surface area contributed by atoms with E-state index in [0.717, 1.165) is 16.7 Å². The summed E-state index contributed by atoms with van der Waals surface area (Å²) < 4.78 is 0. The van der Waals surface area contributed by atoms with Gasteiger partial charge in [-0.1, -0.05) is 43.3 Å². The average Bonchev–Trinajstić information content (AvgIpc) is 2.71. The minimum absolute atomic E-state index is 0.221. The first-order valence-corrected chi connectivity index (χ1v) is 10.2. The third kappa shape index (κ3) is 4.61. The normalized spacial score (nSPS) is 19.7. The molecule has 0 aliphatic heterocycles. The van der Waals surface area contributed by atoms with Crippen LogP contribution in [-0.2, 0) is 4.79 Å². The van der Waals surface area contributed by atoms with Crippen molar-refractivity contribution in [3.05, 3.63) is 76.9 Å². The van der Waals surface area contributed by atoms with E-state index >= 15 is 0 Å².